The molecule has 19 nitrogen and oxygen atoms in total. The number of carbonyl (C=O) groups is 1. The molecule has 0 aromatic carbocycles. The second-order valence-electron chi connectivity index (χ2n) is 27.4. The molecule has 101 heavy (non-hydrogen) atoms. The summed E-state index contributed by atoms with van der Waals surface area (Å²) in [6.07, 6.45) is 58.4. The van der Waals surface area contributed by atoms with Crippen molar-refractivity contribution in [1.29, 1.82) is 0 Å². The molecule has 1 amide bonds. The van der Waals surface area contributed by atoms with Gasteiger partial charge in [-0.15, -0.1) is 0 Å². The zero-order valence-electron chi connectivity index (χ0n) is 61.8. The van der Waals surface area contributed by atoms with Crippen molar-refractivity contribution in [3.05, 3.63) is 122 Å². The third-order valence-electron chi connectivity index (χ3n) is 18.8. The number of aliphatic hydroxyl groups is 11. The van der Waals surface area contributed by atoms with Crippen LogP contribution in [0.15, 0.2) is 122 Å². The highest BCUT2D eigenvalue weighted by molar-refractivity contribution is 5.76. The van der Waals surface area contributed by atoms with Crippen molar-refractivity contribution in [1.82, 2.24) is 5.32 Å². The van der Waals surface area contributed by atoms with Crippen LogP contribution in [-0.4, -0.2) is 193 Å². The molecule has 0 radical (unpaired) electrons. The molecule has 0 spiro atoms. The molecule has 17 atom stereocenters. The third-order valence-corrected chi connectivity index (χ3v) is 18.8. The van der Waals surface area contributed by atoms with Crippen molar-refractivity contribution < 1.29 is 89.4 Å². The van der Waals surface area contributed by atoms with Crippen LogP contribution in [0.3, 0.4) is 0 Å². The first-order valence-corrected chi connectivity index (χ1v) is 39.3. The van der Waals surface area contributed by atoms with E-state index in [2.05, 4.69) is 141 Å². The number of hydrogen-bond acceptors (Lipinski definition) is 18. The fraction of sp³-hybridized carbons (Fsp3) is 0.744. The zero-order chi connectivity index (χ0) is 73.2. The van der Waals surface area contributed by atoms with E-state index >= 15 is 0 Å². The van der Waals surface area contributed by atoms with Crippen molar-refractivity contribution in [2.45, 2.75) is 362 Å². The van der Waals surface area contributed by atoms with Crippen LogP contribution in [0.5, 0.6) is 0 Å². The number of aliphatic hydroxyl groups excluding tert-OH is 11. The standard InChI is InChI=1S/C82H139NO18/c1-3-5-7-9-11-13-15-17-19-21-23-24-25-26-27-28-29-30-31-32-33-34-35-36-37-38-39-40-42-44-46-48-50-52-54-56-58-60-70(88)83-65(66(87)59-57-55-53-51-49-47-45-43-41-22-20-18-16-14-12-10-8-6-4-2)64-96-80-76(94)73(91)78(68(62-85)98-80)101-82-77(95)74(92)79(69(63-86)99-82)100-81-75(93)72(90)71(89)67(61-84)97-81/h5,7,11,13,17,19,23-24,26-27,29-30,32-33,35-36,38-39,42,44,65-69,71-82,84-87,89-95H,3-4,6,8-10,12,14-16,18,20-22,25,28,31,34,37,40-41,43,45-64H2,1-2H3,(H,83,88)/b7-5-,13-11-,19-17-,24-23-,27-26-,30-29-,33-32-,36-35-,39-38-,44-42-. The number of amides is 1. The summed E-state index contributed by atoms with van der Waals surface area (Å²) in [5.41, 5.74) is 0. The van der Waals surface area contributed by atoms with Crippen molar-refractivity contribution in [3.63, 3.8) is 0 Å². The summed E-state index contributed by atoms with van der Waals surface area (Å²) in [5.74, 6) is -0.260. The maximum Gasteiger partial charge on any atom is 0.220 e. The molecular weight excluding hydrogens is 1290 g/mol. The largest absolute Gasteiger partial charge is 0.394 e. The van der Waals surface area contributed by atoms with Crippen LogP contribution in [0.4, 0.5) is 0 Å². The molecule has 0 saturated carbocycles. The molecule has 19 heteroatoms. The molecule has 3 aliphatic rings. The number of allylic oxidation sites excluding steroid dienone is 20. The maximum absolute atomic E-state index is 13.5. The second kappa shape index (κ2) is 61.4. The number of nitrogens with one attached hydrogen (secondary N) is 1. The zero-order valence-corrected chi connectivity index (χ0v) is 61.8. The Morgan fingerprint density at radius 2 is 0.683 bits per heavy atom. The lowest BCUT2D eigenvalue weighted by Crippen LogP contribution is -2.66. The number of hydrogen-bond donors (Lipinski definition) is 12. The highest BCUT2D eigenvalue weighted by atomic mass is 16.8. The Morgan fingerprint density at radius 3 is 1.07 bits per heavy atom. The van der Waals surface area contributed by atoms with E-state index in [1.807, 2.05) is 0 Å². The fourth-order valence-electron chi connectivity index (χ4n) is 12.5. The molecule has 3 rings (SSSR count). The second-order valence-corrected chi connectivity index (χ2v) is 27.4. The van der Waals surface area contributed by atoms with Gasteiger partial charge in [-0.2, -0.15) is 0 Å². The van der Waals surface area contributed by atoms with Gasteiger partial charge in [-0.3, -0.25) is 4.79 Å². The Bertz CT molecular complexity index is 2300. The smallest absolute Gasteiger partial charge is 0.220 e. The van der Waals surface area contributed by atoms with Gasteiger partial charge >= 0.3 is 0 Å². The van der Waals surface area contributed by atoms with E-state index in [1.54, 1.807) is 0 Å². The van der Waals surface area contributed by atoms with Gasteiger partial charge in [0.05, 0.1) is 38.6 Å². The molecule has 17 unspecified atom stereocenters. The summed E-state index contributed by atoms with van der Waals surface area (Å²) in [4.78, 5) is 13.5. The first-order chi connectivity index (χ1) is 49.3. The van der Waals surface area contributed by atoms with E-state index < -0.39 is 124 Å². The quantitative estimate of drug-likeness (QED) is 0.0199. The predicted molar refractivity (Wildman–Crippen MR) is 401 cm³/mol. The topological polar surface area (TPSA) is 307 Å². The van der Waals surface area contributed by atoms with Gasteiger partial charge in [0.25, 0.3) is 0 Å². The van der Waals surface area contributed by atoms with E-state index in [0.717, 1.165) is 128 Å². The molecule has 3 saturated heterocycles. The van der Waals surface area contributed by atoms with Crippen LogP contribution in [0.1, 0.15) is 258 Å². The molecule has 3 aliphatic heterocycles. The van der Waals surface area contributed by atoms with E-state index in [1.165, 1.54) is 96.3 Å². The Labute approximate surface area is 608 Å². The van der Waals surface area contributed by atoms with E-state index in [-0.39, 0.29) is 18.9 Å². The Balaban J connectivity index is 1.37. The normalized spacial score (nSPS) is 27.0. The summed E-state index contributed by atoms with van der Waals surface area (Å²) in [7, 11) is 0. The van der Waals surface area contributed by atoms with Crippen molar-refractivity contribution in [3.8, 4) is 0 Å². The molecule has 3 heterocycles. The van der Waals surface area contributed by atoms with Gasteiger partial charge in [0.1, 0.15) is 73.2 Å². The molecule has 0 aromatic rings. The molecule has 12 N–H and O–H groups in total. The van der Waals surface area contributed by atoms with Gasteiger partial charge in [-0.25, -0.2) is 0 Å². The summed E-state index contributed by atoms with van der Waals surface area (Å²) in [6.45, 7) is 1.68. The average Bonchev–Trinajstić information content (AvgIpc) is 0.789. The molecule has 0 aliphatic carbocycles. The minimum Gasteiger partial charge on any atom is -0.394 e. The first-order valence-electron chi connectivity index (χ1n) is 39.3. The summed E-state index contributed by atoms with van der Waals surface area (Å²) < 4.78 is 34.5. The number of rotatable bonds is 60. The number of carbonyl (C=O) groups excluding carboxylic acids is 1. The van der Waals surface area contributed by atoms with Gasteiger partial charge in [0, 0.05) is 6.42 Å². The van der Waals surface area contributed by atoms with Crippen LogP contribution in [0.2, 0.25) is 0 Å². The Hall–Kier alpha value is -3.81. The van der Waals surface area contributed by atoms with Gasteiger partial charge in [-0.05, 0) is 89.9 Å². The highest BCUT2D eigenvalue weighted by Crippen LogP contribution is 2.33. The SMILES string of the molecule is CC/C=C\C/C=C\C/C=C\C/C=C\C/C=C\C/C=C\C/C=C\C/C=C\C/C=C\C/C=C\CCCCCCCCC(=O)NC(COC1OC(CO)C(OC2OC(CO)C(OC3OC(CO)C(O)C(O)C3O)C(O)C2O)C(O)C1O)C(O)CCCCCCCCCCCCCCCCCCCCC. The van der Waals surface area contributed by atoms with Crippen LogP contribution < -0.4 is 5.32 Å². The van der Waals surface area contributed by atoms with Gasteiger partial charge in [0.15, 0.2) is 18.9 Å². The van der Waals surface area contributed by atoms with Crippen molar-refractivity contribution in [2.24, 2.45) is 0 Å². The molecule has 3 fully saturated rings. The number of unbranched alkanes of at least 4 members (excludes halogenated alkanes) is 24. The van der Waals surface area contributed by atoms with Crippen LogP contribution in [-0.2, 0) is 33.2 Å². The lowest BCUT2D eigenvalue weighted by Gasteiger charge is -2.48. The minimum absolute atomic E-state index is 0.242. The lowest BCUT2D eigenvalue weighted by atomic mass is 9.96. The van der Waals surface area contributed by atoms with Crippen LogP contribution in [0.25, 0.3) is 0 Å². The average molecular weight is 1430 g/mol. The van der Waals surface area contributed by atoms with E-state index in [4.69, 9.17) is 28.4 Å². The summed E-state index contributed by atoms with van der Waals surface area (Å²) in [6, 6.07) is -0.905. The highest BCUT2D eigenvalue weighted by Gasteiger charge is 2.54. The molecule has 0 bridgehead atoms. The molecular formula is C82H139NO18. The molecule has 580 valence electrons. The van der Waals surface area contributed by atoms with Gasteiger partial charge in [-0.1, -0.05) is 283 Å². The van der Waals surface area contributed by atoms with Crippen LogP contribution >= 0.6 is 0 Å². The third kappa shape index (κ3) is 41.6. The monoisotopic (exact) mass is 1430 g/mol. The van der Waals surface area contributed by atoms with E-state index in [9.17, 15) is 61.0 Å². The van der Waals surface area contributed by atoms with Gasteiger partial charge in [0.2, 0.25) is 5.91 Å². The summed E-state index contributed by atoms with van der Waals surface area (Å²) in [5, 5.41) is 121. The van der Waals surface area contributed by atoms with Gasteiger partial charge < -0.3 is 89.9 Å². The lowest BCUT2D eigenvalue weighted by molar-refractivity contribution is -0.379. The van der Waals surface area contributed by atoms with Crippen molar-refractivity contribution in [2.75, 3.05) is 26.4 Å². The minimum atomic E-state index is -1.98. The predicted octanol–water partition coefficient (Wildman–Crippen LogP) is 12.7. The fourth-order valence-corrected chi connectivity index (χ4v) is 12.5. The maximum atomic E-state index is 13.5. The number of ether oxygens (including phenoxy) is 6. The van der Waals surface area contributed by atoms with E-state index in [0.29, 0.717) is 12.8 Å². The van der Waals surface area contributed by atoms with Crippen molar-refractivity contribution >= 4 is 5.91 Å². The Morgan fingerprint density at radius 1 is 0.366 bits per heavy atom. The summed E-state index contributed by atoms with van der Waals surface area (Å²) >= 11 is 0. The first kappa shape index (κ1) is 91.4. The molecule has 0 aromatic heterocycles. The van der Waals surface area contributed by atoms with Crippen LogP contribution in [0, 0.1) is 0 Å². The Kier molecular flexibility index (Phi) is 55.5.